The minimum absolute atomic E-state index is 1.25. The average Bonchev–Trinajstić information content (AvgIpc) is 2.10. The molecule has 0 aromatic heterocycles. The topological polar surface area (TPSA) is 29.3 Å². The molecule has 0 spiro atoms. The molecule has 0 unspecified atom stereocenters. The number of likely N-dealkylation sites (tertiary alicyclic amines) is 1. The Balaban J connectivity index is 0.000000371. The first-order valence-corrected chi connectivity index (χ1v) is 4.23. The molecule has 2 nitrogen and oxygen atoms in total. The van der Waals surface area contributed by atoms with Crippen LogP contribution < -0.4 is 5.73 Å². The van der Waals surface area contributed by atoms with Gasteiger partial charge in [0.25, 0.3) is 0 Å². The molecule has 1 aliphatic rings. The molecule has 2 N–H and O–H groups in total. The molecule has 0 amide bonds. The van der Waals surface area contributed by atoms with E-state index in [0.717, 1.165) is 0 Å². The van der Waals surface area contributed by atoms with E-state index in [-0.39, 0.29) is 0 Å². The van der Waals surface area contributed by atoms with E-state index in [1.54, 1.807) is 0 Å². The average molecular weight is 144 g/mol. The number of piperidine rings is 1. The molecule has 10 heavy (non-hydrogen) atoms. The molecule has 2 heteroatoms. The lowest BCUT2D eigenvalue weighted by atomic mass is 10.1. The first-order valence-electron chi connectivity index (χ1n) is 4.23. The van der Waals surface area contributed by atoms with Crippen molar-refractivity contribution in [2.45, 2.75) is 26.2 Å². The normalized spacial score (nSPS) is 19.5. The van der Waals surface area contributed by atoms with E-state index in [0.29, 0.717) is 0 Å². The van der Waals surface area contributed by atoms with Gasteiger partial charge in [0.1, 0.15) is 0 Å². The predicted octanol–water partition coefficient (Wildman–Crippen LogP) is 1.07. The van der Waals surface area contributed by atoms with Crippen molar-refractivity contribution >= 4 is 0 Å². The van der Waals surface area contributed by atoms with E-state index in [1.807, 2.05) is 0 Å². The summed E-state index contributed by atoms with van der Waals surface area (Å²) in [7, 11) is 1.50. The first kappa shape index (κ1) is 9.92. The number of hydrogen-bond donors (Lipinski definition) is 1. The van der Waals surface area contributed by atoms with Crippen LogP contribution in [0.2, 0.25) is 0 Å². The molecule has 0 radical (unpaired) electrons. The Bertz CT molecular complexity index is 58.3. The summed E-state index contributed by atoms with van der Waals surface area (Å²) in [5.74, 6) is 0. The van der Waals surface area contributed by atoms with Gasteiger partial charge in [0.05, 0.1) is 0 Å². The van der Waals surface area contributed by atoms with Gasteiger partial charge in [-0.15, -0.1) is 0 Å². The van der Waals surface area contributed by atoms with Gasteiger partial charge < -0.3 is 10.6 Å². The van der Waals surface area contributed by atoms with Crippen molar-refractivity contribution < 1.29 is 0 Å². The zero-order chi connectivity index (χ0) is 7.82. The number of hydrogen-bond acceptors (Lipinski definition) is 2. The second-order valence-corrected chi connectivity index (χ2v) is 2.49. The second kappa shape index (κ2) is 7.03. The maximum absolute atomic E-state index is 4.50. The summed E-state index contributed by atoms with van der Waals surface area (Å²) >= 11 is 0. The summed E-state index contributed by atoms with van der Waals surface area (Å²) in [6, 6.07) is 0. The lowest BCUT2D eigenvalue weighted by molar-refractivity contribution is 0.240. The maximum atomic E-state index is 4.50. The SMILES string of the molecule is CCN1CCCCC1.CN. The third-order valence-corrected chi connectivity index (χ3v) is 1.90. The van der Waals surface area contributed by atoms with E-state index in [4.69, 9.17) is 0 Å². The third kappa shape index (κ3) is 3.85. The Morgan fingerprint density at radius 3 is 1.90 bits per heavy atom. The van der Waals surface area contributed by atoms with Gasteiger partial charge in [-0.2, -0.15) is 0 Å². The van der Waals surface area contributed by atoms with Crippen molar-refractivity contribution in [3.05, 3.63) is 0 Å². The van der Waals surface area contributed by atoms with E-state index in [1.165, 1.54) is 45.9 Å². The number of nitrogens with zero attached hydrogens (tertiary/aromatic N) is 1. The van der Waals surface area contributed by atoms with Crippen molar-refractivity contribution in [2.24, 2.45) is 5.73 Å². The largest absolute Gasteiger partial charge is 0.333 e. The standard InChI is InChI=1S/C7H15N.CH5N/c1-2-8-6-4-3-5-7-8;1-2/h2-7H2,1H3;2H2,1H3. The monoisotopic (exact) mass is 144 g/mol. The van der Waals surface area contributed by atoms with Gasteiger partial charge in [-0.3, -0.25) is 0 Å². The summed E-state index contributed by atoms with van der Waals surface area (Å²) < 4.78 is 0. The van der Waals surface area contributed by atoms with Crippen molar-refractivity contribution in [1.82, 2.24) is 4.90 Å². The van der Waals surface area contributed by atoms with Gasteiger partial charge in [-0.05, 0) is 39.5 Å². The summed E-state index contributed by atoms with van der Waals surface area (Å²) in [6.45, 7) is 6.18. The molecular formula is C8H20N2. The van der Waals surface area contributed by atoms with E-state index >= 15 is 0 Å². The minimum atomic E-state index is 1.25. The summed E-state index contributed by atoms with van der Waals surface area (Å²) in [5, 5.41) is 0. The van der Waals surface area contributed by atoms with E-state index in [9.17, 15) is 0 Å². The fraction of sp³-hybridized carbons (Fsp3) is 1.00. The lowest BCUT2D eigenvalue weighted by Crippen LogP contribution is -2.29. The summed E-state index contributed by atoms with van der Waals surface area (Å²) in [4.78, 5) is 2.52. The third-order valence-electron chi connectivity index (χ3n) is 1.90. The van der Waals surface area contributed by atoms with Crippen LogP contribution in [0.4, 0.5) is 0 Å². The molecular weight excluding hydrogens is 124 g/mol. The predicted molar refractivity (Wildman–Crippen MR) is 46.1 cm³/mol. The number of nitrogens with two attached hydrogens (primary N) is 1. The molecule has 1 rings (SSSR count). The highest BCUT2D eigenvalue weighted by Crippen LogP contribution is 2.06. The summed E-state index contributed by atoms with van der Waals surface area (Å²) in [5.41, 5.74) is 4.50. The molecule has 1 fully saturated rings. The molecule has 0 atom stereocenters. The molecule has 1 saturated heterocycles. The molecule has 1 heterocycles. The van der Waals surface area contributed by atoms with Gasteiger partial charge in [-0.1, -0.05) is 13.3 Å². The Labute approximate surface area is 64.4 Å². The lowest BCUT2D eigenvalue weighted by Gasteiger charge is -2.24. The minimum Gasteiger partial charge on any atom is -0.333 e. The van der Waals surface area contributed by atoms with Gasteiger partial charge in [0.15, 0.2) is 0 Å². The molecule has 0 bridgehead atoms. The second-order valence-electron chi connectivity index (χ2n) is 2.49. The van der Waals surface area contributed by atoms with Crippen LogP contribution in [0, 0.1) is 0 Å². The number of rotatable bonds is 1. The van der Waals surface area contributed by atoms with Gasteiger partial charge in [0, 0.05) is 0 Å². The Morgan fingerprint density at radius 2 is 1.60 bits per heavy atom. The molecule has 0 aliphatic carbocycles. The molecule has 0 saturated carbocycles. The molecule has 62 valence electrons. The smallest absolute Gasteiger partial charge is 0.00188 e. The molecule has 0 aromatic rings. The fourth-order valence-corrected chi connectivity index (χ4v) is 1.28. The first-order chi connectivity index (χ1) is 4.93. The van der Waals surface area contributed by atoms with Crippen LogP contribution in [0.15, 0.2) is 0 Å². The summed E-state index contributed by atoms with van der Waals surface area (Å²) in [6.07, 6.45) is 4.30. The van der Waals surface area contributed by atoms with Crippen molar-refractivity contribution in [3.8, 4) is 0 Å². The fourth-order valence-electron chi connectivity index (χ4n) is 1.28. The van der Waals surface area contributed by atoms with Gasteiger partial charge in [0.2, 0.25) is 0 Å². The van der Waals surface area contributed by atoms with E-state index in [2.05, 4.69) is 17.6 Å². The molecule has 1 aliphatic heterocycles. The Hall–Kier alpha value is -0.0800. The van der Waals surface area contributed by atoms with Gasteiger partial charge in [-0.25, -0.2) is 0 Å². The zero-order valence-electron chi connectivity index (χ0n) is 7.27. The highest BCUT2D eigenvalue weighted by Gasteiger charge is 2.05. The van der Waals surface area contributed by atoms with Crippen LogP contribution in [0.5, 0.6) is 0 Å². The Morgan fingerprint density at radius 1 is 1.10 bits per heavy atom. The van der Waals surface area contributed by atoms with Crippen LogP contribution in [0.25, 0.3) is 0 Å². The van der Waals surface area contributed by atoms with Crippen molar-refractivity contribution in [2.75, 3.05) is 26.7 Å². The van der Waals surface area contributed by atoms with Crippen molar-refractivity contribution in [1.29, 1.82) is 0 Å². The Kier molecular flexibility index (Phi) is 6.98. The highest BCUT2D eigenvalue weighted by molar-refractivity contribution is 4.61. The maximum Gasteiger partial charge on any atom is -0.00188 e. The quantitative estimate of drug-likeness (QED) is 0.596. The van der Waals surface area contributed by atoms with Crippen molar-refractivity contribution in [3.63, 3.8) is 0 Å². The van der Waals surface area contributed by atoms with E-state index < -0.39 is 0 Å². The van der Waals surface area contributed by atoms with Gasteiger partial charge >= 0.3 is 0 Å². The highest BCUT2D eigenvalue weighted by atomic mass is 15.1. The van der Waals surface area contributed by atoms with Crippen LogP contribution in [0.3, 0.4) is 0 Å². The van der Waals surface area contributed by atoms with Crippen LogP contribution in [0.1, 0.15) is 26.2 Å². The van der Waals surface area contributed by atoms with Crippen LogP contribution in [-0.4, -0.2) is 31.6 Å². The zero-order valence-corrected chi connectivity index (χ0v) is 7.27. The van der Waals surface area contributed by atoms with Crippen LogP contribution in [-0.2, 0) is 0 Å². The molecule has 0 aromatic carbocycles. The van der Waals surface area contributed by atoms with Crippen LogP contribution >= 0.6 is 0 Å².